The zero-order chi connectivity index (χ0) is 17.9. The second-order valence-corrected chi connectivity index (χ2v) is 7.43. The standard InChI is InChI=1S/C17H22NO5P/c1-5-22-24(21,23-6-2)11-15(12(3)4)18-16(19)13-9-7-8-10-14(13)17(18)20/h7-12H,5-6H2,1-4H3/b15-11+. The highest BCUT2D eigenvalue weighted by molar-refractivity contribution is 7.57. The van der Waals surface area contributed by atoms with Gasteiger partial charge in [-0.1, -0.05) is 26.0 Å². The van der Waals surface area contributed by atoms with Crippen molar-refractivity contribution in [2.24, 2.45) is 5.92 Å². The van der Waals surface area contributed by atoms with Gasteiger partial charge in [0.2, 0.25) is 0 Å². The van der Waals surface area contributed by atoms with E-state index in [1.54, 1.807) is 38.1 Å². The van der Waals surface area contributed by atoms with Crippen molar-refractivity contribution in [3.63, 3.8) is 0 Å². The van der Waals surface area contributed by atoms with Crippen molar-refractivity contribution in [3.8, 4) is 0 Å². The minimum absolute atomic E-state index is 0.196. The summed E-state index contributed by atoms with van der Waals surface area (Å²) in [5.41, 5.74) is 1.01. The number of hydrogen-bond acceptors (Lipinski definition) is 5. The van der Waals surface area contributed by atoms with Crippen molar-refractivity contribution in [1.82, 2.24) is 4.90 Å². The van der Waals surface area contributed by atoms with Crippen molar-refractivity contribution >= 4 is 19.4 Å². The van der Waals surface area contributed by atoms with Crippen LogP contribution < -0.4 is 0 Å². The number of amides is 2. The molecule has 0 atom stereocenters. The second-order valence-electron chi connectivity index (χ2n) is 5.58. The van der Waals surface area contributed by atoms with E-state index in [1.165, 1.54) is 5.82 Å². The van der Waals surface area contributed by atoms with Gasteiger partial charge >= 0.3 is 7.60 Å². The number of hydrogen-bond donors (Lipinski definition) is 0. The molecule has 24 heavy (non-hydrogen) atoms. The van der Waals surface area contributed by atoms with E-state index in [0.717, 1.165) is 4.90 Å². The highest BCUT2D eigenvalue weighted by Crippen LogP contribution is 2.52. The Kier molecular flexibility index (Phi) is 5.75. The number of imide groups is 1. The summed E-state index contributed by atoms with van der Waals surface area (Å²) in [7, 11) is -3.54. The number of fused-ring (bicyclic) bond motifs is 1. The lowest BCUT2D eigenvalue weighted by Crippen LogP contribution is -2.31. The van der Waals surface area contributed by atoms with Crippen LogP contribution in [0.1, 0.15) is 48.4 Å². The highest BCUT2D eigenvalue weighted by Gasteiger charge is 2.39. The van der Waals surface area contributed by atoms with Gasteiger partial charge in [-0.05, 0) is 31.9 Å². The molecule has 0 aromatic heterocycles. The van der Waals surface area contributed by atoms with Crippen molar-refractivity contribution in [3.05, 3.63) is 46.9 Å². The molecule has 1 aromatic rings. The third-order valence-electron chi connectivity index (χ3n) is 3.55. The molecule has 130 valence electrons. The van der Waals surface area contributed by atoms with Gasteiger partial charge in [0.15, 0.2) is 0 Å². The van der Waals surface area contributed by atoms with Crippen molar-refractivity contribution in [2.75, 3.05) is 13.2 Å². The van der Waals surface area contributed by atoms with Gasteiger partial charge in [-0.3, -0.25) is 14.2 Å². The van der Waals surface area contributed by atoms with E-state index >= 15 is 0 Å². The highest BCUT2D eigenvalue weighted by atomic mass is 31.2. The molecule has 7 heteroatoms. The van der Waals surface area contributed by atoms with E-state index in [1.807, 2.05) is 13.8 Å². The van der Waals surface area contributed by atoms with Crippen LogP contribution in [0.25, 0.3) is 0 Å². The van der Waals surface area contributed by atoms with Crippen molar-refractivity contribution in [1.29, 1.82) is 0 Å². The second kappa shape index (κ2) is 7.43. The van der Waals surface area contributed by atoms with Gasteiger partial charge in [-0.25, -0.2) is 4.90 Å². The number of nitrogens with zero attached hydrogens (tertiary/aromatic N) is 1. The maximum Gasteiger partial charge on any atom is 0.355 e. The van der Waals surface area contributed by atoms with Crippen LogP contribution in [0.3, 0.4) is 0 Å². The molecule has 1 aliphatic heterocycles. The third-order valence-corrected chi connectivity index (χ3v) is 5.37. The normalized spacial score (nSPS) is 15.4. The first-order valence-electron chi connectivity index (χ1n) is 7.94. The zero-order valence-electron chi connectivity index (χ0n) is 14.3. The summed E-state index contributed by atoms with van der Waals surface area (Å²) >= 11 is 0. The molecule has 2 amide bonds. The van der Waals surface area contributed by atoms with Crippen molar-refractivity contribution in [2.45, 2.75) is 27.7 Å². The lowest BCUT2D eigenvalue weighted by molar-refractivity contribution is 0.0691. The molecule has 0 aliphatic carbocycles. The number of allylic oxidation sites excluding steroid dienone is 1. The molecule has 0 radical (unpaired) electrons. The maximum absolute atomic E-state index is 12.8. The fourth-order valence-corrected chi connectivity index (χ4v) is 4.20. The predicted molar refractivity (Wildman–Crippen MR) is 90.7 cm³/mol. The molecular weight excluding hydrogens is 329 g/mol. The van der Waals surface area contributed by atoms with Crippen LogP contribution >= 0.6 is 7.60 Å². The number of rotatable bonds is 7. The maximum atomic E-state index is 12.8. The summed E-state index contributed by atoms with van der Waals surface area (Å²) in [5.74, 6) is 0.235. The summed E-state index contributed by atoms with van der Waals surface area (Å²) in [6.45, 7) is 7.44. The summed E-state index contributed by atoms with van der Waals surface area (Å²) < 4.78 is 23.3. The van der Waals surface area contributed by atoms with Crippen LogP contribution in [0.4, 0.5) is 0 Å². The van der Waals surface area contributed by atoms with Gasteiger partial charge in [-0.2, -0.15) is 0 Å². The van der Waals surface area contributed by atoms with Gasteiger partial charge in [0.25, 0.3) is 11.8 Å². The molecule has 2 rings (SSSR count). The monoisotopic (exact) mass is 351 g/mol. The van der Waals surface area contributed by atoms with Gasteiger partial charge in [-0.15, -0.1) is 0 Å². The minimum atomic E-state index is -3.54. The van der Waals surface area contributed by atoms with Gasteiger partial charge in [0.1, 0.15) is 0 Å². The summed E-state index contributed by atoms with van der Waals surface area (Å²) in [6.07, 6.45) is 0. The minimum Gasteiger partial charge on any atom is -0.306 e. The Morgan fingerprint density at radius 2 is 1.54 bits per heavy atom. The Morgan fingerprint density at radius 3 is 1.92 bits per heavy atom. The first-order chi connectivity index (χ1) is 11.3. The first-order valence-corrected chi connectivity index (χ1v) is 9.55. The largest absolute Gasteiger partial charge is 0.355 e. The summed E-state index contributed by atoms with van der Waals surface area (Å²) in [5, 5.41) is 0. The van der Waals surface area contributed by atoms with E-state index in [-0.39, 0.29) is 19.1 Å². The molecule has 1 heterocycles. The Morgan fingerprint density at radius 1 is 1.08 bits per heavy atom. The molecule has 0 fully saturated rings. The number of carbonyl (C=O) groups is 2. The van der Waals surface area contributed by atoms with E-state index in [9.17, 15) is 14.2 Å². The summed E-state index contributed by atoms with van der Waals surface area (Å²) in [4.78, 5) is 26.4. The Bertz CT molecular complexity index is 680. The van der Waals surface area contributed by atoms with E-state index in [2.05, 4.69) is 0 Å². The van der Waals surface area contributed by atoms with E-state index < -0.39 is 19.4 Å². The molecule has 0 saturated heterocycles. The Balaban J connectivity index is 2.50. The molecular formula is C17H22NO5P. The van der Waals surface area contributed by atoms with Gasteiger partial charge in [0.05, 0.1) is 24.3 Å². The van der Waals surface area contributed by atoms with E-state index in [0.29, 0.717) is 16.8 Å². The molecule has 6 nitrogen and oxygen atoms in total. The Labute approximate surface area is 142 Å². The lowest BCUT2D eigenvalue weighted by atomic mass is 10.1. The molecule has 1 aromatic carbocycles. The van der Waals surface area contributed by atoms with Crippen LogP contribution in [0.15, 0.2) is 35.8 Å². The predicted octanol–water partition coefficient (Wildman–Crippen LogP) is 4.05. The van der Waals surface area contributed by atoms with Crippen molar-refractivity contribution < 1.29 is 23.2 Å². The van der Waals surface area contributed by atoms with Crippen LogP contribution in [-0.4, -0.2) is 29.9 Å². The van der Waals surface area contributed by atoms with E-state index in [4.69, 9.17) is 9.05 Å². The topological polar surface area (TPSA) is 72.9 Å². The molecule has 1 aliphatic rings. The zero-order valence-corrected chi connectivity index (χ0v) is 15.2. The average molecular weight is 351 g/mol. The third kappa shape index (κ3) is 3.51. The van der Waals surface area contributed by atoms with Crippen LogP contribution in [0, 0.1) is 5.92 Å². The quantitative estimate of drug-likeness (QED) is 0.547. The fraction of sp³-hybridized carbons (Fsp3) is 0.412. The molecule has 0 saturated carbocycles. The Hall–Kier alpha value is -1.75. The number of benzene rings is 1. The smallest absolute Gasteiger partial charge is 0.306 e. The fourth-order valence-electron chi connectivity index (χ4n) is 2.52. The van der Waals surface area contributed by atoms with Crippen LogP contribution in [-0.2, 0) is 13.6 Å². The SMILES string of the molecule is CCOP(=O)(/C=C(\C(C)C)N1C(=O)c2ccccc2C1=O)OCC. The molecule has 0 N–H and O–H groups in total. The van der Waals surface area contributed by atoms with Crippen LogP contribution in [0.5, 0.6) is 0 Å². The molecule has 0 unspecified atom stereocenters. The molecule has 0 bridgehead atoms. The summed E-state index contributed by atoms with van der Waals surface area (Å²) in [6, 6.07) is 6.63. The lowest BCUT2D eigenvalue weighted by Gasteiger charge is -2.23. The molecule has 0 spiro atoms. The number of carbonyl (C=O) groups excluding carboxylic acids is 2. The average Bonchev–Trinajstić information content (AvgIpc) is 2.78. The first kappa shape index (κ1) is 18.6. The van der Waals surface area contributed by atoms with Crippen LogP contribution in [0.2, 0.25) is 0 Å². The van der Waals surface area contributed by atoms with Gasteiger partial charge in [0, 0.05) is 11.5 Å². The van der Waals surface area contributed by atoms with Gasteiger partial charge < -0.3 is 9.05 Å².